The highest BCUT2D eigenvalue weighted by Gasteiger charge is 2.51. The molecule has 11 heteroatoms. The van der Waals surface area contributed by atoms with Gasteiger partial charge >= 0.3 is 6.18 Å². The average molecular weight is 473 g/mol. The van der Waals surface area contributed by atoms with E-state index in [2.05, 4.69) is 0 Å². The van der Waals surface area contributed by atoms with Gasteiger partial charge in [0.25, 0.3) is 5.91 Å². The number of halogens is 3. The van der Waals surface area contributed by atoms with E-state index in [0.29, 0.717) is 0 Å². The van der Waals surface area contributed by atoms with Crippen molar-refractivity contribution in [1.29, 1.82) is 0 Å². The Morgan fingerprint density at radius 1 is 1.18 bits per heavy atom. The van der Waals surface area contributed by atoms with E-state index >= 15 is 0 Å². The van der Waals surface area contributed by atoms with Crippen LogP contribution in [-0.4, -0.2) is 44.4 Å². The monoisotopic (exact) mass is 473 g/mol. The first-order chi connectivity index (χ1) is 14.8. The van der Waals surface area contributed by atoms with E-state index in [1.165, 1.54) is 0 Å². The molecule has 1 amide bonds. The number of aromatic hydroxyl groups is 1. The van der Waals surface area contributed by atoms with Crippen LogP contribution in [0.25, 0.3) is 5.76 Å². The third kappa shape index (κ3) is 3.56. The number of carbonyl (C=O) groups is 3. The molecule has 3 aliphatic carbocycles. The van der Waals surface area contributed by atoms with E-state index in [-0.39, 0.29) is 49.9 Å². The lowest BCUT2D eigenvalue weighted by Gasteiger charge is -2.41. The summed E-state index contributed by atoms with van der Waals surface area (Å²) >= 11 is 0. The van der Waals surface area contributed by atoms with Gasteiger partial charge in [0, 0.05) is 14.8 Å². The highest BCUT2D eigenvalue weighted by molar-refractivity contribution is 6.21. The number of primary amides is 1. The van der Waals surface area contributed by atoms with Crippen molar-refractivity contribution < 1.29 is 51.2 Å². The van der Waals surface area contributed by atoms with Gasteiger partial charge in [-0.2, -0.15) is 13.2 Å². The first-order valence-corrected chi connectivity index (χ1v) is 9.99. The van der Waals surface area contributed by atoms with Gasteiger partial charge in [-0.05, 0) is 48.8 Å². The standard InChI is InChI=1S/C22H20F3NO6.H2O.2H2/c1-7(22(23,24)25)10-2-3-12(27)16-11(10)5-8-4-9-6-13(28)17(21(26)32)20(31)15(9)18(29)14(8)19(16)30;;;/h2-3,7-9,15,27,30-31H,4-6H2,1H3,(H2,26,32);1H2;2*1H. The van der Waals surface area contributed by atoms with E-state index < -0.39 is 70.2 Å². The maximum absolute atomic E-state index is 13.4. The Kier molecular flexibility index (Phi) is 5.82. The summed E-state index contributed by atoms with van der Waals surface area (Å²) in [5.74, 6) is -9.06. The molecule has 0 aliphatic heterocycles. The molecule has 0 bridgehead atoms. The second-order valence-corrected chi connectivity index (χ2v) is 8.54. The lowest BCUT2D eigenvalue weighted by atomic mass is 9.61. The first-order valence-electron chi connectivity index (χ1n) is 9.99. The summed E-state index contributed by atoms with van der Waals surface area (Å²) < 4.78 is 40.2. The van der Waals surface area contributed by atoms with E-state index in [4.69, 9.17) is 5.73 Å². The van der Waals surface area contributed by atoms with Gasteiger partial charge in [-0.1, -0.05) is 6.07 Å². The van der Waals surface area contributed by atoms with Gasteiger partial charge in [-0.15, -0.1) is 0 Å². The quantitative estimate of drug-likeness (QED) is 0.481. The average Bonchev–Trinajstić information content (AvgIpc) is 2.65. The van der Waals surface area contributed by atoms with Gasteiger partial charge in [0.05, 0.1) is 17.4 Å². The molecule has 1 saturated carbocycles. The zero-order valence-corrected chi connectivity index (χ0v) is 17.4. The molecule has 4 rings (SSSR count). The smallest absolute Gasteiger partial charge is 0.395 e. The molecular weight excluding hydrogens is 447 g/mol. The molecule has 8 nitrogen and oxygen atoms in total. The number of phenolic OH excluding ortho intramolecular Hbond substituents is 1. The van der Waals surface area contributed by atoms with Crippen LogP contribution in [0.5, 0.6) is 5.75 Å². The lowest BCUT2D eigenvalue weighted by Crippen LogP contribution is -2.44. The van der Waals surface area contributed by atoms with Crippen LogP contribution >= 0.6 is 0 Å². The number of hydrogen-bond donors (Lipinski definition) is 4. The number of Topliss-reactive ketones (excluding diaryl/α,β-unsaturated/α-hetero) is 2. The Morgan fingerprint density at radius 2 is 1.82 bits per heavy atom. The fourth-order valence-corrected chi connectivity index (χ4v) is 5.25. The van der Waals surface area contributed by atoms with Crippen LogP contribution in [-0.2, 0) is 20.8 Å². The summed E-state index contributed by atoms with van der Waals surface area (Å²) in [6, 6.07) is 2.18. The predicted molar refractivity (Wildman–Crippen MR) is 112 cm³/mol. The highest BCUT2D eigenvalue weighted by atomic mass is 19.4. The number of carbonyl (C=O) groups excluding carboxylic acids is 3. The number of phenols is 1. The molecule has 0 spiro atoms. The van der Waals surface area contributed by atoms with Crippen molar-refractivity contribution in [2.24, 2.45) is 23.5 Å². The molecule has 4 unspecified atom stereocenters. The van der Waals surface area contributed by atoms with Crippen LogP contribution in [0.15, 0.2) is 29.0 Å². The zero-order valence-electron chi connectivity index (χ0n) is 17.4. The molecule has 4 atom stereocenters. The molecule has 1 fully saturated rings. The van der Waals surface area contributed by atoms with Gasteiger partial charge < -0.3 is 26.5 Å². The van der Waals surface area contributed by atoms with Crippen molar-refractivity contribution in [3.63, 3.8) is 0 Å². The van der Waals surface area contributed by atoms with Crippen molar-refractivity contribution in [3.05, 3.63) is 45.7 Å². The SMILES string of the molecule is CC(c1ccc(O)c2c1CC1CC3CC(=O)C(C(N)=O)=C(O)C3C(=O)C1=C2O)C(F)(F)F.O.[HH].[HH]. The number of aliphatic hydroxyl groups is 2. The minimum absolute atomic E-state index is 0. The number of aliphatic hydroxyl groups excluding tert-OH is 2. The minimum atomic E-state index is -4.56. The predicted octanol–water partition coefficient (Wildman–Crippen LogP) is 2.64. The molecule has 0 radical (unpaired) electrons. The molecule has 33 heavy (non-hydrogen) atoms. The van der Waals surface area contributed by atoms with Gasteiger partial charge in [0.1, 0.15) is 22.8 Å². The summed E-state index contributed by atoms with van der Waals surface area (Å²) in [5.41, 5.74) is 4.09. The molecule has 0 saturated heterocycles. The Labute approximate surface area is 188 Å². The maximum atomic E-state index is 13.4. The molecular formula is C22H26F3NO7. The molecule has 7 N–H and O–H groups in total. The summed E-state index contributed by atoms with van der Waals surface area (Å²) in [4.78, 5) is 37.1. The number of hydrogen-bond acceptors (Lipinski definition) is 6. The molecule has 0 heterocycles. The molecule has 1 aromatic rings. The molecule has 0 aromatic heterocycles. The van der Waals surface area contributed by atoms with E-state index in [0.717, 1.165) is 19.1 Å². The fourth-order valence-electron chi connectivity index (χ4n) is 5.25. The van der Waals surface area contributed by atoms with Crippen molar-refractivity contribution in [2.45, 2.75) is 38.3 Å². The number of fused-ring (bicyclic) bond motifs is 3. The zero-order chi connectivity index (χ0) is 23.7. The van der Waals surface area contributed by atoms with Crippen LogP contribution < -0.4 is 5.73 Å². The van der Waals surface area contributed by atoms with Crippen LogP contribution in [0.1, 0.15) is 45.2 Å². The summed E-state index contributed by atoms with van der Waals surface area (Å²) in [6.07, 6.45) is -4.74. The van der Waals surface area contributed by atoms with E-state index in [1.54, 1.807) is 0 Å². The highest BCUT2D eigenvalue weighted by Crippen LogP contribution is 2.51. The second-order valence-electron chi connectivity index (χ2n) is 8.54. The Hall–Kier alpha value is -3.34. The van der Waals surface area contributed by atoms with Crippen molar-refractivity contribution in [2.75, 3.05) is 0 Å². The normalized spacial score (nSPS) is 25.6. The molecule has 1 aromatic carbocycles. The summed E-state index contributed by atoms with van der Waals surface area (Å²) in [7, 11) is 0. The Morgan fingerprint density at radius 3 is 2.39 bits per heavy atom. The molecule has 182 valence electrons. The number of nitrogens with two attached hydrogens (primary N) is 1. The van der Waals surface area contributed by atoms with Gasteiger partial charge in [0.15, 0.2) is 11.6 Å². The Balaban J connectivity index is 0.00000204. The number of amides is 1. The summed E-state index contributed by atoms with van der Waals surface area (Å²) in [5, 5.41) is 31.6. The van der Waals surface area contributed by atoms with E-state index in [9.17, 15) is 42.9 Å². The van der Waals surface area contributed by atoms with Crippen molar-refractivity contribution in [3.8, 4) is 5.75 Å². The van der Waals surface area contributed by atoms with Crippen molar-refractivity contribution >= 4 is 23.2 Å². The molecule has 3 aliphatic rings. The van der Waals surface area contributed by atoms with Crippen LogP contribution in [0, 0.1) is 17.8 Å². The van der Waals surface area contributed by atoms with Gasteiger partial charge in [0.2, 0.25) is 0 Å². The van der Waals surface area contributed by atoms with Crippen LogP contribution in [0.2, 0.25) is 0 Å². The number of benzene rings is 1. The summed E-state index contributed by atoms with van der Waals surface area (Å²) in [6.45, 7) is 0.971. The van der Waals surface area contributed by atoms with Gasteiger partial charge in [-0.25, -0.2) is 0 Å². The minimum Gasteiger partial charge on any atom is -0.511 e. The largest absolute Gasteiger partial charge is 0.511 e. The van der Waals surface area contributed by atoms with Crippen molar-refractivity contribution in [1.82, 2.24) is 0 Å². The van der Waals surface area contributed by atoms with E-state index in [1.807, 2.05) is 0 Å². The Bertz CT molecular complexity index is 1150. The maximum Gasteiger partial charge on any atom is 0.395 e. The topological polar surface area (TPSA) is 169 Å². The van der Waals surface area contributed by atoms with Crippen LogP contribution in [0.4, 0.5) is 13.2 Å². The van der Waals surface area contributed by atoms with Gasteiger partial charge in [-0.3, -0.25) is 14.4 Å². The van der Waals surface area contributed by atoms with Crippen LogP contribution in [0.3, 0.4) is 0 Å². The number of ketones is 2. The number of rotatable bonds is 2. The third-order valence-corrected chi connectivity index (χ3v) is 6.77. The lowest BCUT2D eigenvalue weighted by molar-refractivity contribution is -0.146. The fraction of sp³-hybridized carbons (Fsp3) is 0.409. The second kappa shape index (κ2) is 7.91. The first kappa shape index (κ1) is 24.3. The third-order valence-electron chi connectivity index (χ3n) is 6.77. The number of allylic oxidation sites excluding steroid dienone is 2. The number of alkyl halides is 3.